The largest absolute Gasteiger partial charge is 0.455 e. The molecule has 0 amide bonds. The van der Waals surface area contributed by atoms with E-state index in [4.69, 9.17) is 4.42 Å². The molecular formula is C46H29NOS. The predicted molar refractivity (Wildman–Crippen MR) is 210 cm³/mol. The van der Waals surface area contributed by atoms with Gasteiger partial charge in [0.05, 0.1) is 5.69 Å². The highest BCUT2D eigenvalue weighted by atomic mass is 32.1. The summed E-state index contributed by atoms with van der Waals surface area (Å²) in [6.45, 7) is 0. The first-order valence-corrected chi connectivity index (χ1v) is 17.4. The number of furan rings is 1. The number of hydrogen-bond donors (Lipinski definition) is 0. The van der Waals surface area contributed by atoms with E-state index in [9.17, 15) is 0 Å². The molecule has 0 N–H and O–H groups in total. The van der Waals surface area contributed by atoms with Crippen LogP contribution < -0.4 is 4.90 Å². The van der Waals surface area contributed by atoms with E-state index in [1.807, 2.05) is 23.5 Å². The summed E-state index contributed by atoms with van der Waals surface area (Å²) in [6.07, 6.45) is 0. The normalized spacial score (nSPS) is 11.7. The molecule has 8 aromatic carbocycles. The Morgan fingerprint density at radius 1 is 0.429 bits per heavy atom. The van der Waals surface area contributed by atoms with E-state index in [2.05, 4.69) is 169 Å². The molecule has 0 aliphatic rings. The first-order chi connectivity index (χ1) is 24.3. The summed E-state index contributed by atoms with van der Waals surface area (Å²) in [7, 11) is 0. The van der Waals surface area contributed by atoms with E-state index in [0.29, 0.717) is 0 Å². The second kappa shape index (κ2) is 11.2. The minimum absolute atomic E-state index is 0.906. The Bertz CT molecular complexity index is 2830. The molecule has 0 spiro atoms. The lowest BCUT2D eigenvalue weighted by Crippen LogP contribution is -2.11. The second-order valence-corrected chi connectivity index (χ2v) is 13.6. The van der Waals surface area contributed by atoms with E-state index < -0.39 is 0 Å². The Hall–Kier alpha value is -6.16. The summed E-state index contributed by atoms with van der Waals surface area (Å²) in [5, 5.41) is 7.26. The Morgan fingerprint density at radius 2 is 1.10 bits per heavy atom. The zero-order chi connectivity index (χ0) is 32.3. The van der Waals surface area contributed by atoms with Gasteiger partial charge in [0.1, 0.15) is 11.2 Å². The third kappa shape index (κ3) is 4.55. The van der Waals surface area contributed by atoms with Gasteiger partial charge in [0, 0.05) is 53.3 Å². The number of anilines is 3. The van der Waals surface area contributed by atoms with Crippen molar-refractivity contribution in [3.8, 4) is 22.3 Å². The SMILES string of the molecule is c1ccc(-c2ccc(N(c3cccc(-c4cccc5c4oc4ccccc45)c3)c3c4ccccc4cc4sc5ccccc5c34)cc2)cc1. The summed E-state index contributed by atoms with van der Waals surface area (Å²) >= 11 is 1.86. The Labute approximate surface area is 287 Å². The van der Waals surface area contributed by atoms with E-state index in [1.54, 1.807) is 0 Å². The minimum Gasteiger partial charge on any atom is -0.455 e. The molecule has 0 bridgehead atoms. The van der Waals surface area contributed by atoms with Crippen LogP contribution in [-0.4, -0.2) is 0 Å². The number of nitrogens with zero attached hydrogens (tertiary/aromatic N) is 1. The monoisotopic (exact) mass is 643 g/mol. The van der Waals surface area contributed by atoms with Crippen LogP contribution >= 0.6 is 11.3 Å². The molecular weight excluding hydrogens is 615 g/mol. The van der Waals surface area contributed by atoms with E-state index in [1.165, 1.54) is 47.8 Å². The minimum atomic E-state index is 0.906. The maximum atomic E-state index is 6.50. The van der Waals surface area contributed by atoms with Crippen LogP contribution in [-0.2, 0) is 0 Å². The van der Waals surface area contributed by atoms with Gasteiger partial charge >= 0.3 is 0 Å². The van der Waals surface area contributed by atoms with Gasteiger partial charge in [-0.2, -0.15) is 0 Å². The van der Waals surface area contributed by atoms with Gasteiger partial charge < -0.3 is 9.32 Å². The van der Waals surface area contributed by atoms with Crippen molar-refractivity contribution >= 4 is 81.3 Å². The average Bonchev–Trinajstić information content (AvgIpc) is 3.74. The summed E-state index contributed by atoms with van der Waals surface area (Å²) in [5.74, 6) is 0. The molecule has 0 radical (unpaired) electrons. The van der Waals surface area contributed by atoms with Crippen molar-refractivity contribution in [1.82, 2.24) is 0 Å². The second-order valence-electron chi connectivity index (χ2n) is 12.5. The number of benzene rings is 8. The van der Waals surface area contributed by atoms with Crippen molar-refractivity contribution in [3.63, 3.8) is 0 Å². The topological polar surface area (TPSA) is 16.4 Å². The van der Waals surface area contributed by atoms with Crippen molar-refractivity contribution in [2.45, 2.75) is 0 Å². The van der Waals surface area contributed by atoms with Gasteiger partial charge in [-0.05, 0) is 64.5 Å². The van der Waals surface area contributed by atoms with Gasteiger partial charge in [-0.1, -0.05) is 133 Å². The highest BCUT2D eigenvalue weighted by Gasteiger charge is 2.23. The standard InChI is InChI=1S/C46H29NOS/c1-2-12-30(13-3-1)31-24-26-34(27-25-31)47(45-36-17-5-4-14-33(36)29-43-44(45)40-19-7-9-23-42(40)49-43)35-16-10-15-32(28-35)37-20-11-21-39-38-18-6-8-22-41(38)48-46(37)39/h1-29H. The summed E-state index contributed by atoms with van der Waals surface area (Å²) in [4.78, 5) is 2.46. The van der Waals surface area contributed by atoms with Crippen LogP contribution in [0.1, 0.15) is 0 Å². The molecule has 0 saturated carbocycles. The van der Waals surface area contributed by atoms with Crippen molar-refractivity contribution in [1.29, 1.82) is 0 Å². The van der Waals surface area contributed by atoms with E-state index in [0.717, 1.165) is 44.4 Å². The lowest BCUT2D eigenvalue weighted by molar-refractivity contribution is 0.670. The van der Waals surface area contributed by atoms with Crippen LogP contribution in [0.15, 0.2) is 180 Å². The van der Waals surface area contributed by atoms with Crippen molar-refractivity contribution in [3.05, 3.63) is 176 Å². The molecule has 0 unspecified atom stereocenters. The number of fused-ring (bicyclic) bond motifs is 7. The molecule has 10 rings (SSSR count). The van der Waals surface area contributed by atoms with Gasteiger partial charge in [-0.3, -0.25) is 0 Å². The Morgan fingerprint density at radius 3 is 1.98 bits per heavy atom. The molecule has 0 aliphatic heterocycles. The molecule has 3 heteroatoms. The number of thiophene rings is 1. The molecule has 2 heterocycles. The number of rotatable bonds is 5. The Kier molecular flexibility index (Phi) is 6.39. The van der Waals surface area contributed by atoms with Crippen LogP contribution in [0.25, 0.3) is 75.1 Å². The van der Waals surface area contributed by atoms with Crippen LogP contribution in [0, 0.1) is 0 Å². The summed E-state index contributed by atoms with van der Waals surface area (Å²) in [6, 6.07) is 63.2. The molecule has 10 aromatic rings. The lowest BCUT2D eigenvalue weighted by atomic mass is 9.98. The fourth-order valence-corrected chi connectivity index (χ4v) is 8.54. The quantitative estimate of drug-likeness (QED) is 0.186. The summed E-state index contributed by atoms with van der Waals surface area (Å²) < 4.78 is 9.08. The Balaban J connectivity index is 1.25. The fourth-order valence-electron chi connectivity index (χ4n) is 7.38. The molecule has 230 valence electrons. The van der Waals surface area contributed by atoms with E-state index in [-0.39, 0.29) is 0 Å². The zero-order valence-corrected chi connectivity index (χ0v) is 27.3. The van der Waals surface area contributed by atoms with Crippen molar-refractivity contribution < 1.29 is 4.42 Å². The molecule has 0 aliphatic carbocycles. The van der Waals surface area contributed by atoms with Crippen LogP contribution in [0.2, 0.25) is 0 Å². The van der Waals surface area contributed by atoms with Crippen molar-refractivity contribution in [2.75, 3.05) is 4.90 Å². The van der Waals surface area contributed by atoms with Crippen LogP contribution in [0.4, 0.5) is 17.1 Å². The van der Waals surface area contributed by atoms with Crippen LogP contribution in [0.5, 0.6) is 0 Å². The molecule has 49 heavy (non-hydrogen) atoms. The first kappa shape index (κ1) is 27.9. The first-order valence-electron chi connectivity index (χ1n) is 16.6. The smallest absolute Gasteiger partial charge is 0.143 e. The number of hydrogen-bond acceptors (Lipinski definition) is 3. The van der Waals surface area contributed by atoms with Gasteiger partial charge in [0.25, 0.3) is 0 Å². The van der Waals surface area contributed by atoms with Gasteiger partial charge in [0.15, 0.2) is 0 Å². The maximum Gasteiger partial charge on any atom is 0.143 e. The average molecular weight is 644 g/mol. The molecule has 2 nitrogen and oxygen atoms in total. The van der Waals surface area contributed by atoms with Gasteiger partial charge in [-0.15, -0.1) is 11.3 Å². The van der Waals surface area contributed by atoms with Gasteiger partial charge in [-0.25, -0.2) is 0 Å². The molecule has 0 saturated heterocycles. The van der Waals surface area contributed by atoms with Crippen LogP contribution in [0.3, 0.4) is 0 Å². The highest BCUT2D eigenvalue weighted by molar-refractivity contribution is 7.26. The molecule has 0 atom stereocenters. The maximum absolute atomic E-state index is 6.50. The fraction of sp³-hybridized carbons (Fsp3) is 0. The third-order valence-electron chi connectivity index (χ3n) is 9.64. The van der Waals surface area contributed by atoms with E-state index >= 15 is 0 Å². The summed E-state index contributed by atoms with van der Waals surface area (Å²) in [5.41, 5.74) is 9.80. The molecule has 0 fully saturated rings. The van der Waals surface area contributed by atoms with Gasteiger partial charge in [0.2, 0.25) is 0 Å². The lowest BCUT2D eigenvalue weighted by Gasteiger charge is -2.28. The number of para-hydroxylation sites is 2. The molecule has 2 aromatic heterocycles. The third-order valence-corrected chi connectivity index (χ3v) is 10.8. The van der Waals surface area contributed by atoms with Crippen molar-refractivity contribution in [2.24, 2.45) is 0 Å². The highest BCUT2D eigenvalue weighted by Crippen LogP contribution is 2.49. The predicted octanol–water partition coefficient (Wildman–Crippen LogP) is 13.9. The zero-order valence-electron chi connectivity index (χ0n) is 26.5.